The zero-order chi connectivity index (χ0) is 15.0. The van der Waals surface area contributed by atoms with E-state index in [1.807, 2.05) is 13.0 Å². The summed E-state index contributed by atoms with van der Waals surface area (Å²) in [7, 11) is 1.29. The van der Waals surface area contributed by atoms with Crippen LogP contribution in [-0.4, -0.2) is 23.0 Å². The Morgan fingerprint density at radius 2 is 2.15 bits per heavy atom. The van der Waals surface area contributed by atoms with Crippen LogP contribution >= 0.6 is 15.9 Å². The van der Waals surface area contributed by atoms with Gasteiger partial charge in [0.05, 0.1) is 18.5 Å². The fourth-order valence-electron chi connectivity index (χ4n) is 2.26. The quantitative estimate of drug-likeness (QED) is 0.528. The van der Waals surface area contributed by atoms with E-state index in [-0.39, 0.29) is 12.1 Å². The molecule has 0 amide bonds. The van der Waals surface area contributed by atoms with Crippen molar-refractivity contribution in [3.8, 4) is 0 Å². The number of hydrogen-bond donors (Lipinski definition) is 1. The minimum Gasteiger partial charge on any atom is -0.469 e. The molecule has 0 aliphatic heterocycles. The second kappa shape index (κ2) is 5.24. The minimum atomic E-state index is -0.435. The van der Waals surface area contributed by atoms with E-state index in [1.54, 1.807) is 6.92 Å². The molecule has 6 nitrogen and oxygen atoms in total. The molecule has 0 aliphatic carbocycles. The molecule has 2 aromatic rings. The molecule has 0 aliphatic rings. The Morgan fingerprint density at radius 3 is 2.70 bits per heavy atom. The molecule has 0 bridgehead atoms. The molecule has 0 radical (unpaired) electrons. The second-order valence-electron chi connectivity index (χ2n) is 4.52. The van der Waals surface area contributed by atoms with E-state index in [9.17, 15) is 14.9 Å². The van der Waals surface area contributed by atoms with Crippen molar-refractivity contribution in [2.45, 2.75) is 20.3 Å². The number of carbonyl (C=O) groups excluding carboxylic acids is 1. The number of methoxy groups -OCH3 is 1. The molecule has 0 saturated heterocycles. The Morgan fingerprint density at radius 1 is 1.50 bits per heavy atom. The molecule has 0 saturated carbocycles. The van der Waals surface area contributed by atoms with Crippen LogP contribution in [0.1, 0.15) is 16.8 Å². The van der Waals surface area contributed by atoms with Gasteiger partial charge in [-0.3, -0.25) is 14.9 Å². The van der Waals surface area contributed by atoms with Crippen molar-refractivity contribution in [3.63, 3.8) is 0 Å². The summed E-state index contributed by atoms with van der Waals surface area (Å²) in [6.07, 6.45) is -0.01000. The number of aromatic nitrogens is 1. The first-order valence-electron chi connectivity index (χ1n) is 5.88. The van der Waals surface area contributed by atoms with Gasteiger partial charge in [0.1, 0.15) is 5.52 Å². The first kappa shape index (κ1) is 14.5. The highest BCUT2D eigenvalue weighted by molar-refractivity contribution is 9.10. The topological polar surface area (TPSA) is 85.2 Å². The van der Waals surface area contributed by atoms with E-state index in [4.69, 9.17) is 0 Å². The van der Waals surface area contributed by atoms with Gasteiger partial charge < -0.3 is 9.72 Å². The van der Waals surface area contributed by atoms with Crippen molar-refractivity contribution in [2.75, 3.05) is 7.11 Å². The van der Waals surface area contributed by atoms with E-state index < -0.39 is 10.9 Å². The van der Waals surface area contributed by atoms with Crippen LogP contribution in [0.15, 0.2) is 10.5 Å². The van der Waals surface area contributed by atoms with Gasteiger partial charge in [-0.2, -0.15) is 0 Å². The van der Waals surface area contributed by atoms with Crippen molar-refractivity contribution < 1.29 is 14.5 Å². The number of esters is 1. The number of aryl methyl sites for hydroxylation is 1. The fraction of sp³-hybridized carbons (Fsp3) is 0.308. The number of fused-ring (bicyclic) bond motifs is 1. The van der Waals surface area contributed by atoms with Gasteiger partial charge in [0.25, 0.3) is 5.69 Å². The van der Waals surface area contributed by atoms with Crippen LogP contribution in [0.4, 0.5) is 5.69 Å². The van der Waals surface area contributed by atoms with Crippen LogP contribution in [0.3, 0.4) is 0 Å². The summed E-state index contributed by atoms with van der Waals surface area (Å²) >= 11 is 3.44. The number of rotatable bonds is 3. The third-order valence-electron chi connectivity index (χ3n) is 3.23. The normalized spacial score (nSPS) is 10.8. The van der Waals surface area contributed by atoms with Crippen LogP contribution in [-0.2, 0) is 16.0 Å². The van der Waals surface area contributed by atoms with Crippen molar-refractivity contribution >= 4 is 38.5 Å². The highest BCUT2D eigenvalue weighted by Gasteiger charge is 2.25. The molecule has 0 spiro atoms. The average molecular weight is 341 g/mol. The van der Waals surface area contributed by atoms with Crippen molar-refractivity contribution in [3.05, 3.63) is 37.5 Å². The first-order chi connectivity index (χ1) is 9.36. The molecule has 106 valence electrons. The molecule has 1 heterocycles. The lowest BCUT2D eigenvalue weighted by Gasteiger charge is -2.10. The summed E-state index contributed by atoms with van der Waals surface area (Å²) in [6, 6.07) is 1.81. The summed E-state index contributed by atoms with van der Waals surface area (Å²) in [5, 5.41) is 12.0. The Hall–Kier alpha value is -1.89. The minimum absolute atomic E-state index is 0.00444. The van der Waals surface area contributed by atoms with E-state index in [2.05, 4.69) is 25.7 Å². The molecule has 0 fully saturated rings. The molecule has 0 unspecified atom stereocenters. The van der Waals surface area contributed by atoms with Crippen molar-refractivity contribution in [1.29, 1.82) is 0 Å². The smallest absolute Gasteiger partial charge is 0.310 e. The van der Waals surface area contributed by atoms with Gasteiger partial charge in [-0.05, 0) is 41.4 Å². The summed E-state index contributed by atoms with van der Waals surface area (Å²) < 4.78 is 5.33. The Bertz CT molecular complexity index is 721. The lowest BCUT2D eigenvalue weighted by atomic mass is 10.0. The monoisotopic (exact) mass is 340 g/mol. The molecule has 1 aromatic carbocycles. The predicted octanol–water partition coefficient (Wildman–Crippen LogP) is 3.17. The first-order valence-corrected chi connectivity index (χ1v) is 6.67. The maximum Gasteiger partial charge on any atom is 0.310 e. The Kier molecular flexibility index (Phi) is 3.80. The van der Waals surface area contributed by atoms with Gasteiger partial charge in [0.2, 0.25) is 0 Å². The fourth-order valence-corrected chi connectivity index (χ4v) is 3.01. The number of benzene rings is 1. The maximum atomic E-state index is 11.5. The lowest BCUT2D eigenvalue weighted by Crippen LogP contribution is -2.08. The number of nitrogens with zero attached hydrogens (tertiary/aromatic N) is 1. The molecule has 1 N–H and O–H groups in total. The number of H-pyrrole nitrogens is 1. The van der Waals surface area contributed by atoms with E-state index in [0.717, 1.165) is 5.69 Å². The van der Waals surface area contributed by atoms with Gasteiger partial charge >= 0.3 is 5.97 Å². The average Bonchev–Trinajstić information content (AvgIpc) is 2.75. The van der Waals surface area contributed by atoms with Gasteiger partial charge in [-0.1, -0.05) is 0 Å². The summed E-state index contributed by atoms with van der Waals surface area (Å²) in [4.78, 5) is 25.4. The predicted molar refractivity (Wildman–Crippen MR) is 77.8 cm³/mol. The summed E-state index contributed by atoms with van der Waals surface area (Å²) in [5.74, 6) is -0.435. The molecular weight excluding hydrogens is 328 g/mol. The molecule has 2 rings (SSSR count). The number of ether oxygens (including phenoxy) is 1. The van der Waals surface area contributed by atoms with Crippen molar-refractivity contribution in [2.24, 2.45) is 0 Å². The van der Waals surface area contributed by atoms with Crippen LogP contribution in [0, 0.1) is 24.0 Å². The van der Waals surface area contributed by atoms with E-state index in [0.29, 0.717) is 26.5 Å². The number of aromatic amines is 1. The standard InChI is InChI=1S/C13H13BrN2O4/c1-6-4-9-11(14)8(5-10(17)20-3)7(2)13(16(18)19)12(9)15-6/h4,15H,5H2,1-3H3. The van der Waals surface area contributed by atoms with Crippen molar-refractivity contribution in [1.82, 2.24) is 4.98 Å². The summed E-state index contributed by atoms with van der Waals surface area (Å²) in [5.41, 5.74) is 2.32. The van der Waals surface area contributed by atoms with Gasteiger partial charge in [0.15, 0.2) is 0 Å². The molecule has 20 heavy (non-hydrogen) atoms. The largest absolute Gasteiger partial charge is 0.469 e. The van der Waals surface area contributed by atoms with Gasteiger partial charge in [-0.25, -0.2) is 0 Å². The number of carbonyl (C=O) groups is 1. The van der Waals surface area contributed by atoms with Crippen LogP contribution in [0.25, 0.3) is 10.9 Å². The number of hydrogen-bond acceptors (Lipinski definition) is 4. The molecular formula is C13H13BrN2O4. The number of nitrogens with one attached hydrogen (secondary N) is 1. The molecule has 1 aromatic heterocycles. The lowest BCUT2D eigenvalue weighted by molar-refractivity contribution is -0.383. The zero-order valence-corrected chi connectivity index (χ0v) is 12.8. The highest BCUT2D eigenvalue weighted by Crippen LogP contribution is 2.38. The number of nitro benzene ring substituents is 1. The Balaban J connectivity index is 2.81. The van der Waals surface area contributed by atoms with Gasteiger partial charge in [-0.15, -0.1) is 0 Å². The second-order valence-corrected chi connectivity index (χ2v) is 5.31. The van der Waals surface area contributed by atoms with Crippen LogP contribution in [0.5, 0.6) is 0 Å². The van der Waals surface area contributed by atoms with E-state index in [1.165, 1.54) is 7.11 Å². The number of halogens is 1. The molecule has 0 atom stereocenters. The maximum absolute atomic E-state index is 11.5. The summed E-state index contributed by atoms with van der Waals surface area (Å²) in [6.45, 7) is 3.46. The van der Waals surface area contributed by atoms with Crippen LogP contribution < -0.4 is 0 Å². The highest BCUT2D eigenvalue weighted by atomic mass is 79.9. The van der Waals surface area contributed by atoms with Crippen LogP contribution in [0.2, 0.25) is 0 Å². The SMILES string of the molecule is COC(=O)Cc1c(C)c([N+](=O)[O-])c2[nH]c(C)cc2c1Br. The van der Waals surface area contributed by atoms with E-state index >= 15 is 0 Å². The number of nitro groups is 1. The zero-order valence-electron chi connectivity index (χ0n) is 11.2. The Labute approximate surface area is 123 Å². The third-order valence-corrected chi connectivity index (χ3v) is 4.14. The van der Waals surface area contributed by atoms with Gasteiger partial charge in [0, 0.05) is 21.1 Å². The third kappa shape index (κ3) is 2.29. The molecule has 7 heteroatoms.